The lowest BCUT2D eigenvalue weighted by atomic mass is 9.49. The number of nitrogens with zero attached hydrogens (tertiary/aromatic N) is 2. The molecule has 3 heterocycles. The third-order valence-electron chi connectivity index (χ3n) is 11.0. The van der Waals surface area contributed by atoms with Gasteiger partial charge in [0.25, 0.3) is 0 Å². The Hall–Kier alpha value is -4.79. The van der Waals surface area contributed by atoms with Gasteiger partial charge in [-0.3, -0.25) is 24.1 Å². The Labute approximate surface area is 293 Å². The molecule has 4 aliphatic rings. The molecule has 1 N–H and O–H groups in total. The van der Waals surface area contributed by atoms with Crippen LogP contribution in [0.2, 0.25) is 5.02 Å². The van der Waals surface area contributed by atoms with Crippen molar-refractivity contribution in [1.29, 1.82) is 0 Å². The fraction of sp³-hybridized carbons (Fsp3) is 0.250. The highest BCUT2D eigenvalue weighted by molar-refractivity contribution is 7.09. The lowest BCUT2D eigenvalue weighted by Crippen LogP contribution is -2.53. The molecule has 2 aliphatic carbocycles. The van der Waals surface area contributed by atoms with Crippen molar-refractivity contribution in [1.82, 2.24) is 4.90 Å². The molecule has 0 radical (unpaired) electrons. The SMILES string of the molecule is C=CCc1cccc(C2C3=CCC4C(=O)N(Cc5cccs5)C(=O)C4C3CC3C(=O)N(c4cccc(Cl)c4)C(=O)C32c2ccccc2)c1O. The largest absolute Gasteiger partial charge is 0.507 e. The summed E-state index contributed by atoms with van der Waals surface area (Å²) >= 11 is 7.89. The molecule has 8 rings (SSSR count). The van der Waals surface area contributed by atoms with Crippen LogP contribution in [-0.2, 0) is 37.6 Å². The monoisotopic (exact) mass is 688 g/mol. The highest BCUT2D eigenvalue weighted by Crippen LogP contribution is 2.65. The molecule has 49 heavy (non-hydrogen) atoms. The maximum absolute atomic E-state index is 15.3. The van der Waals surface area contributed by atoms with Gasteiger partial charge in [-0.25, -0.2) is 4.90 Å². The molecule has 4 amide bonds. The van der Waals surface area contributed by atoms with E-state index in [0.717, 1.165) is 10.5 Å². The van der Waals surface area contributed by atoms with Crippen LogP contribution in [0.3, 0.4) is 0 Å². The van der Waals surface area contributed by atoms with Gasteiger partial charge in [-0.05, 0) is 66.0 Å². The molecule has 2 saturated heterocycles. The van der Waals surface area contributed by atoms with Crippen molar-refractivity contribution in [3.8, 4) is 5.75 Å². The average Bonchev–Trinajstić information content (AvgIpc) is 3.77. The van der Waals surface area contributed by atoms with Crippen LogP contribution in [0.1, 0.15) is 40.3 Å². The average molecular weight is 689 g/mol. The van der Waals surface area contributed by atoms with E-state index in [0.29, 0.717) is 40.2 Å². The summed E-state index contributed by atoms with van der Waals surface area (Å²) in [5, 5.41) is 14.3. The summed E-state index contributed by atoms with van der Waals surface area (Å²) in [6.07, 6.45) is 4.63. The summed E-state index contributed by atoms with van der Waals surface area (Å²) in [4.78, 5) is 61.9. The van der Waals surface area contributed by atoms with E-state index in [1.54, 1.807) is 30.3 Å². The number of carbonyl (C=O) groups excluding carboxylic acids is 4. The van der Waals surface area contributed by atoms with E-state index >= 15 is 4.79 Å². The number of hydrogen-bond acceptors (Lipinski definition) is 6. The molecule has 3 fully saturated rings. The predicted octanol–water partition coefficient (Wildman–Crippen LogP) is 7.20. The number of halogens is 1. The van der Waals surface area contributed by atoms with Crippen LogP contribution in [-0.4, -0.2) is 33.6 Å². The van der Waals surface area contributed by atoms with Gasteiger partial charge in [0, 0.05) is 21.4 Å². The lowest BCUT2D eigenvalue weighted by molar-refractivity contribution is -0.141. The highest BCUT2D eigenvalue weighted by atomic mass is 35.5. The van der Waals surface area contributed by atoms with Crippen molar-refractivity contribution >= 4 is 52.3 Å². The summed E-state index contributed by atoms with van der Waals surface area (Å²) in [6, 6.07) is 25.3. The van der Waals surface area contributed by atoms with Gasteiger partial charge in [0.1, 0.15) is 5.75 Å². The second kappa shape index (κ2) is 12.0. The number of phenols is 1. The molecule has 3 aromatic carbocycles. The number of likely N-dealkylation sites (tertiary alicyclic amines) is 1. The number of anilines is 1. The fourth-order valence-corrected chi connectivity index (χ4v) is 9.91. The van der Waals surface area contributed by atoms with Gasteiger partial charge in [0.05, 0.1) is 35.4 Å². The number of benzene rings is 3. The number of fused-ring (bicyclic) bond motifs is 4. The number of amides is 4. The molecule has 1 aromatic heterocycles. The molecule has 1 saturated carbocycles. The first-order valence-corrected chi connectivity index (χ1v) is 17.7. The number of phenolic OH excluding ortho intramolecular Hbond substituents is 1. The summed E-state index contributed by atoms with van der Waals surface area (Å²) < 4.78 is 0. The maximum Gasteiger partial charge on any atom is 0.246 e. The quantitative estimate of drug-likeness (QED) is 0.164. The van der Waals surface area contributed by atoms with Crippen LogP contribution in [0.4, 0.5) is 5.69 Å². The second-order valence-electron chi connectivity index (χ2n) is 13.3. The van der Waals surface area contributed by atoms with Gasteiger partial charge >= 0.3 is 0 Å². The number of hydrogen-bond donors (Lipinski definition) is 1. The first kappa shape index (κ1) is 31.5. The molecule has 7 nitrogen and oxygen atoms in total. The van der Waals surface area contributed by atoms with E-state index in [-0.39, 0.29) is 30.5 Å². The summed E-state index contributed by atoms with van der Waals surface area (Å²) in [6.45, 7) is 4.07. The van der Waals surface area contributed by atoms with Crippen LogP contribution in [0.25, 0.3) is 0 Å². The van der Waals surface area contributed by atoms with Crippen molar-refractivity contribution in [2.45, 2.75) is 37.1 Å². The topological polar surface area (TPSA) is 95.0 Å². The van der Waals surface area contributed by atoms with Crippen molar-refractivity contribution in [2.24, 2.45) is 23.7 Å². The van der Waals surface area contributed by atoms with E-state index < -0.39 is 46.8 Å². The zero-order valence-corrected chi connectivity index (χ0v) is 28.1. The predicted molar refractivity (Wildman–Crippen MR) is 188 cm³/mol. The molecule has 0 spiro atoms. The third kappa shape index (κ3) is 4.61. The Morgan fingerprint density at radius 2 is 1.71 bits per heavy atom. The fourth-order valence-electron chi connectivity index (χ4n) is 9.03. The van der Waals surface area contributed by atoms with E-state index in [4.69, 9.17) is 11.6 Å². The minimum absolute atomic E-state index is 0.0275. The Bertz CT molecular complexity index is 2060. The van der Waals surface area contributed by atoms with Crippen LogP contribution in [0.5, 0.6) is 5.75 Å². The van der Waals surface area contributed by atoms with Gasteiger partial charge in [0.2, 0.25) is 23.6 Å². The first-order chi connectivity index (χ1) is 23.8. The van der Waals surface area contributed by atoms with Gasteiger partial charge < -0.3 is 5.11 Å². The van der Waals surface area contributed by atoms with Crippen molar-refractivity contribution in [3.63, 3.8) is 0 Å². The van der Waals surface area contributed by atoms with Gasteiger partial charge in [-0.2, -0.15) is 0 Å². The molecule has 6 unspecified atom stereocenters. The zero-order valence-electron chi connectivity index (χ0n) is 26.5. The first-order valence-electron chi connectivity index (χ1n) is 16.5. The molecule has 4 aromatic rings. The number of para-hydroxylation sites is 1. The number of thiophene rings is 1. The van der Waals surface area contributed by atoms with Crippen LogP contribution >= 0.6 is 22.9 Å². The minimum Gasteiger partial charge on any atom is -0.507 e. The van der Waals surface area contributed by atoms with E-state index in [1.165, 1.54) is 21.1 Å². The van der Waals surface area contributed by atoms with Gasteiger partial charge in [-0.1, -0.05) is 90.0 Å². The number of allylic oxidation sites excluding steroid dienone is 3. The number of rotatable bonds is 7. The number of aromatic hydroxyl groups is 1. The van der Waals surface area contributed by atoms with Gasteiger partial charge in [-0.15, -0.1) is 17.9 Å². The standard InChI is InChI=1S/C40H33ClN2O5S/c1-2-9-23-10-6-16-30(35(23)44)34-28-17-18-29-33(38(47)42(36(29)45)22-27-15-8-19-49-27)31(28)21-32-37(46)43(26-14-7-13-25(41)20-26)39(48)40(32,34)24-11-4-3-5-12-24/h2-8,10-17,19-20,29,31-34,44H,1,9,18,21-22H2. The molecular weight excluding hydrogens is 656 g/mol. The van der Waals surface area contributed by atoms with Gasteiger partial charge in [0.15, 0.2) is 0 Å². The Morgan fingerprint density at radius 1 is 0.918 bits per heavy atom. The van der Waals surface area contributed by atoms with Crippen LogP contribution < -0.4 is 4.90 Å². The van der Waals surface area contributed by atoms with Crippen LogP contribution in [0.15, 0.2) is 115 Å². The molecule has 6 atom stereocenters. The minimum atomic E-state index is -1.46. The van der Waals surface area contributed by atoms with Crippen molar-refractivity contribution in [3.05, 3.63) is 141 Å². The molecule has 246 valence electrons. The van der Waals surface area contributed by atoms with Crippen LogP contribution in [0, 0.1) is 23.7 Å². The smallest absolute Gasteiger partial charge is 0.246 e. The Morgan fingerprint density at radius 3 is 2.45 bits per heavy atom. The summed E-state index contributed by atoms with van der Waals surface area (Å²) in [5.74, 6) is -4.70. The number of carbonyl (C=O) groups is 4. The number of imide groups is 2. The molecule has 9 heteroatoms. The zero-order chi connectivity index (χ0) is 34.0. The summed E-state index contributed by atoms with van der Waals surface area (Å²) in [7, 11) is 0. The van der Waals surface area contributed by atoms with Crippen molar-refractivity contribution < 1.29 is 24.3 Å². The van der Waals surface area contributed by atoms with Crippen molar-refractivity contribution in [2.75, 3.05) is 4.90 Å². The van der Waals surface area contributed by atoms with E-state index in [1.807, 2.05) is 72.1 Å². The maximum atomic E-state index is 15.3. The summed E-state index contributed by atoms with van der Waals surface area (Å²) in [5.41, 5.74) is 1.50. The molecular formula is C40H33ClN2O5S. The normalized spacial score (nSPS) is 27.5. The second-order valence-corrected chi connectivity index (χ2v) is 14.8. The Balaban J connectivity index is 1.36. The van der Waals surface area contributed by atoms with E-state index in [9.17, 15) is 19.5 Å². The Kier molecular flexibility index (Phi) is 7.69. The molecule has 0 bridgehead atoms. The third-order valence-corrected chi connectivity index (χ3v) is 12.1. The molecule has 2 aliphatic heterocycles. The van der Waals surface area contributed by atoms with E-state index in [2.05, 4.69) is 6.58 Å². The highest BCUT2D eigenvalue weighted by Gasteiger charge is 2.70. The lowest BCUT2D eigenvalue weighted by Gasteiger charge is -2.50.